The second-order valence-electron chi connectivity index (χ2n) is 5.36. The van der Waals surface area contributed by atoms with Gasteiger partial charge in [0.15, 0.2) is 0 Å². The van der Waals surface area contributed by atoms with Crippen LogP contribution in [0.1, 0.15) is 35.3 Å². The van der Waals surface area contributed by atoms with E-state index in [1.807, 2.05) is 25.1 Å². The van der Waals surface area contributed by atoms with Crippen molar-refractivity contribution < 1.29 is 19.0 Å². The summed E-state index contributed by atoms with van der Waals surface area (Å²) in [5.74, 6) is 1.62. The number of carbonyl (C=O) groups excluding carboxylic acids is 1. The molecule has 0 radical (unpaired) electrons. The Morgan fingerprint density at radius 2 is 2.29 bits per heavy atom. The SMILES string of the molecule is CCOc1ccc2c(c1)C(NC(=O)c1cccnc1OC)CCO2. The normalized spacial score (nSPS) is 15.8. The molecule has 0 bridgehead atoms. The average molecular weight is 328 g/mol. The van der Waals surface area contributed by atoms with Crippen LogP contribution in [-0.2, 0) is 0 Å². The highest BCUT2D eigenvalue weighted by Crippen LogP contribution is 2.35. The van der Waals surface area contributed by atoms with Gasteiger partial charge in [-0.2, -0.15) is 0 Å². The fourth-order valence-electron chi connectivity index (χ4n) is 2.74. The second-order valence-corrected chi connectivity index (χ2v) is 5.36. The molecule has 1 aromatic carbocycles. The molecule has 1 atom stereocenters. The van der Waals surface area contributed by atoms with Gasteiger partial charge in [-0.25, -0.2) is 4.98 Å². The van der Waals surface area contributed by atoms with E-state index in [0.29, 0.717) is 31.1 Å². The van der Waals surface area contributed by atoms with E-state index in [4.69, 9.17) is 14.2 Å². The summed E-state index contributed by atoms with van der Waals surface area (Å²) >= 11 is 0. The monoisotopic (exact) mass is 328 g/mol. The molecule has 0 spiro atoms. The van der Waals surface area contributed by atoms with Gasteiger partial charge in [-0.15, -0.1) is 0 Å². The van der Waals surface area contributed by atoms with Gasteiger partial charge in [0.25, 0.3) is 5.91 Å². The summed E-state index contributed by atoms with van der Waals surface area (Å²) in [6.45, 7) is 3.07. The first-order valence-electron chi connectivity index (χ1n) is 7.92. The van der Waals surface area contributed by atoms with Crippen LogP contribution in [0.15, 0.2) is 36.5 Å². The molecule has 1 aromatic heterocycles. The van der Waals surface area contributed by atoms with Crippen molar-refractivity contribution in [3.05, 3.63) is 47.7 Å². The molecule has 2 aromatic rings. The average Bonchev–Trinajstić information content (AvgIpc) is 2.62. The predicted octanol–water partition coefficient (Wildman–Crippen LogP) is 2.74. The number of hydrogen-bond acceptors (Lipinski definition) is 5. The minimum Gasteiger partial charge on any atom is -0.494 e. The van der Waals surface area contributed by atoms with Crippen molar-refractivity contribution in [2.24, 2.45) is 0 Å². The maximum atomic E-state index is 12.6. The van der Waals surface area contributed by atoms with Crippen LogP contribution in [0.25, 0.3) is 0 Å². The fraction of sp³-hybridized carbons (Fsp3) is 0.333. The van der Waals surface area contributed by atoms with Crippen molar-refractivity contribution in [1.82, 2.24) is 10.3 Å². The molecule has 1 amide bonds. The molecule has 0 fully saturated rings. The molecule has 0 saturated heterocycles. The molecule has 24 heavy (non-hydrogen) atoms. The van der Waals surface area contributed by atoms with Crippen LogP contribution in [0.5, 0.6) is 17.4 Å². The number of hydrogen-bond donors (Lipinski definition) is 1. The number of fused-ring (bicyclic) bond motifs is 1. The fourth-order valence-corrected chi connectivity index (χ4v) is 2.74. The molecule has 0 aliphatic carbocycles. The summed E-state index contributed by atoms with van der Waals surface area (Å²) in [6, 6.07) is 8.93. The highest BCUT2D eigenvalue weighted by Gasteiger charge is 2.25. The highest BCUT2D eigenvalue weighted by atomic mass is 16.5. The smallest absolute Gasteiger partial charge is 0.257 e. The lowest BCUT2D eigenvalue weighted by atomic mass is 9.99. The van der Waals surface area contributed by atoms with Crippen molar-refractivity contribution in [2.75, 3.05) is 20.3 Å². The lowest BCUT2D eigenvalue weighted by Crippen LogP contribution is -2.32. The van der Waals surface area contributed by atoms with Gasteiger partial charge in [0.1, 0.15) is 17.1 Å². The Morgan fingerprint density at radius 3 is 3.08 bits per heavy atom. The summed E-state index contributed by atoms with van der Waals surface area (Å²) in [6.07, 6.45) is 2.28. The third kappa shape index (κ3) is 3.27. The molecule has 1 aliphatic rings. The van der Waals surface area contributed by atoms with Crippen LogP contribution in [-0.4, -0.2) is 31.2 Å². The number of rotatable bonds is 5. The Hall–Kier alpha value is -2.76. The first-order chi connectivity index (χ1) is 11.7. The molecular weight excluding hydrogens is 308 g/mol. The van der Waals surface area contributed by atoms with E-state index in [9.17, 15) is 4.79 Å². The van der Waals surface area contributed by atoms with E-state index >= 15 is 0 Å². The molecule has 3 rings (SSSR count). The molecule has 2 heterocycles. The molecule has 1 aliphatic heterocycles. The van der Waals surface area contributed by atoms with Crippen molar-refractivity contribution >= 4 is 5.91 Å². The maximum absolute atomic E-state index is 12.6. The number of benzene rings is 1. The Bertz CT molecular complexity index is 733. The van der Waals surface area contributed by atoms with E-state index in [1.54, 1.807) is 18.3 Å². The molecule has 1 unspecified atom stereocenters. The van der Waals surface area contributed by atoms with Gasteiger partial charge in [0.05, 0.1) is 26.4 Å². The van der Waals surface area contributed by atoms with Gasteiger partial charge in [0.2, 0.25) is 5.88 Å². The second kappa shape index (κ2) is 7.21. The number of nitrogens with zero attached hydrogens (tertiary/aromatic N) is 1. The van der Waals surface area contributed by atoms with E-state index in [1.165, 1.54) is 7.11 Å². The Labute approximate surface area is 140 Å². The van der Waals surface area contributed by atoms with Crippen molar-refractivity contribution in [3.63, 3.8) is 0 Å². The number of ether oxygens (including phenoxy) is 3. The number of amides is 1. The van der Waals surface area contributed by atoms with Gasteiger partial charge in [-0.1, -0.05) is 0 Å². The van der Waals surface area contributed by atoms with Crippen LogP contribution in [0.4, 0.5) is 0 Å². The zero-order chi connectivity index (χ0) is 16.9. The topological polar surface area (TPSA) is 69.7 Å². The van der Waals surface area contributed by atoms with Crippen molar-refractivity contribution in [1.29, 1.82) is 0 Å². The zero-order valence-corrected chi connectivity index (χ0v) is 13.7. The number of aromatic nitrogens is 1. The first kappa shape index (κ1) is 16.1. The van der Waals surface area contributed by atoms with Crippen molar-refractivity contribution in [2.45, 2.75) is 19.4 Å². The van der Waals surface area contributed by atoms with Gasteiger partial charge in [-0.05, 0) is 37.3 Å². The minimum absolute atomic E-state index is 0.147. The van der Waals surface area contributed by atoms with Crippen molar-refractivity contribution in [3.8, 4) is 17.4 Å². The molecule has 6 heteroatoms. The maximum Gasteiger partial charge on any atom is 0.257 e. The third-order valence-electron chi connectivity index (χ3n) is 3.85. The number of nitrogens with one attached hydrogen (secondary N) is 1. The standard InChI is InChI=1S/C18H20N2O4/c1-3-23-12-6-7-16-14(11-12)15(8-10-24-16)20-17(21)13-5-4-9-19-18(13)22-2/h4-7,9,11,15H,3,8,10H2,1-2H3,(H,20,21). The molecule has 6 nitrogen and oxygen atoms in total. The summed E-state index contributed by atoms with van der Waals surface area (Å²) < 4.78 is 16.4. The number of carbonyl (C=O) groups is 1. The third-order valence-corrected chi connectivity index (χ3v) is 3.85. The molecular formula is C18H20N2O4. The van der Waals surface area contributed by atoms with Gasteiger partial charge < -0.3 is 19.5 Å². The van der Waals surface area contributed by atoms with E-state index < -0.39 is 0 Å². The molecule has 1 N–H and O–H groups in total. The lowest BCUT2D eigenvalue weighted by Gasteiger charge is -2.27. The summed E-state index contributed by atoms with van der Waals surface area (Å²) in [4.78, 5) is 16.7. The van der Waals surface area contributed by atoms with E-state index in [0.717, 1.165) is 17.1 Å². The lowest BCUT2D eigenvalue weighted by molar-refractivity contribution is 0.0920. The predicted molar refractivity (Wildman–Crippen MR) is 88.7 cm³/mol. The molecule has 126 valence electrons. The number of pyridine rings is 1. The minimum atomic E-state index is -0.223. The van der Waals surface area contributed by atoms with Crippen LogP contribution < -0.4 is 19.5 Å². The first-order valence-corrected chi connectivity index (χ1v) is 7.92. The van der Waals surface area contributed by atoms with E-state index in [2.05, 4.69) is 10.3 Å². The van der Waals surface area contributed by atoms with Crippen LogP contribution in [0.3, 0.4) is 0 Å². The van der Waals surface area contributed by atoms with E-state index in [-0.39, 0.29) is 11.9 Å². The van der Waals surface area contributed by atoms with Gasteiger partial charge >= 0.3 is 0 Å². The zero-order valence-electron chi connectivity index (χ0n) is 13.7. The summed E-state index contributed by atoms with van der Waals surface area (Å²) in [5.41, 5.74) is 1.33. The van der Waals surface area contributed by atoms with Crippen LogP contribution in [0, 0.1) is 0 Å². The van der Waals surface area contributed by atoms with Crippen LogP contribution in [0.2, 0.25) is 0 Å². The Morgan fingerprint density at radius 1 is 1.42 bits per heavy atom. The summed E-state index contributed by atoms with van der Waals surface area (Å²) in [5, 5.41) is 3.04. The van der Waals surface area contributed by atoms with Gasteiger partial charge in [-0.3, -0.25) is 4.79 Å². The highest BCUT2D eigenvalue weighted by molar-refractivity contribution is 5.96. The largest absolute Gasteiger partial charge is 0.494 e. The quantitative estimate of drug-likeness (QED) is 0.914. The Kier molecular flexibility index (Phi) is 4.84. The molecule has 0 saturated carbocycles. The Balaban J connectivity index is 1.84. The van der Waals surface area contributed by atoms with Crippen LogP contribution >= 0.6 is 0 Å². The summed E-state index contributed by atoms with van der Waals surface area (Å²) in [7, 11) is 1.50. The number of methoxy groups -OCH3 is 1. The van der Waals surface area contributed by atoms with Gasteiger partial charge in [0, 0.05) is 18.2 Å².